The number of hydrogen-bond donors (Lipinski definition) is 2. The lowest BCUT2D eigenvalue weighted by Gasteiger charge is -2.16. The van der Waals surface area contributed by atoms with Crippen molar-refractivity contribution >= 4 is 21.6 Å². The largest absolute Gasteiger partial charge is 0.329 e. The molecule has 1 unspecified atom stereocenters. The Kier molecular flexibility index (Phi) is 6.01. The van der Waals surface area contributed by atoms with Crippen LogP contribution in [-0.2, 0) is 10.0 Å². The lowest BCUT2D eigenvalue weighted by Crippen LogP contribution is -2.40. The van der Waals surface area contributed by atoms with E-state index in [0.717, 1.165) is 19.3 Å². The summed E-state index contributed by atoms with van der Waals surface area (Å²) >= 11 is 5.73. The van der Waals surface area contributed by atoms with Gasteiger partial charge < -0.3 is 5.73 Å². The Morgan fingerprint density at radius 1 is 1.50 bits per heavy atom. The van der Waals surface area contributed by atoms with Crippen LogP contribution in [0.25, 0.3) is 0 Å². The van der Waals surface area contributed by atoms with E-state index >= 15 is 0 Å². The van der Waals surface area contributed by atoms with Crippen molar-refractivity contribution in [1.82, 2.24) is 9.71 Å². The molecule has 0 fully saturated rings. The summed E-state index contributed by atoms with van der Waals surface area (Å²) in [6.45, 7) is 2.32. The van der Waals surface area contributed by atoms with Crippen LogP contribution in [0.1, 0.15) is 26.2 Å². The molecule has 1 aromatic rings. The number of pyridine rings is 1. The second kappa shape index (κ2) is 7.04. The number of sulfonamides is 1. The number of nitrogens with zero attached hydrogens (tertiary/aromatic N) is 1. The summed E-state index contributed by atoms with van der Waals surface area (Å²) in [5, 5.41) is 0.288. The molecule has 18 heavy (non-hydrogen) atoms. The molecule has 0 amide bonds. The second-order valence-corrected chi connectivity index (χ2v) is 6.19. The van der Waals surface area contributed by atoms with Gasteiger partial charge >= 0.3 is 0 Å². The number of unbranched alkanes of at least 4 members (excludes halogenated alkanes) is 1. The molecule has 0 aliphatic carbocycles. The highest BCUT2D eigenvalue weighted by atomic mass is 35.5. The van der Waals surface area contributed by atoms with E-state index in [1.165, 1.54) is 18.5 Å². The van der Waals surface area contributed by atoms with Crippen molar-refractivity contribution < 1.29 is 8.42 Å². The third-order valence-electron chi connectivity index (χ3n) is 2.50. The van der Waals surface area contributed by atoms with Gasteiger partial charge in [-0.25, -0.2) is 13.1 Å². The summed E-state index contributed by atoms with van der Waals surface area (Å²) in [6.07, 6.45) is 5.30. The van der Waals surface area contributed by atoms with E-state index in [-0.39, 0.29) is 22.5 Å². The van der Waals surface area contributed by atoms with Gasteiger partial charge in [0.05, 0.1) is 5.02 Å². The smallest absolute Gasteiger partial charge is 0.242 e. The average Bonchev–Trinajstić information content (AvgIpc) is 2.34. The Bertz CT molecular complexity index is 479. The van der Waals surface area contributed by atoms with E-state index in [1.54, 1.807) is 0 Å². The maximum Gasteiger partial charge on any atom is 0.242 e. The fourth-order valence-corrected chi connectivity index (χ4v) is 3.01. The van der Waals surface area contributed by atoms with Crippen LogP contribution in [0.4, 0.5) is 0 Å². The number of hydrogen-bond acceptors (Lipinski definition) is 4. The quantitative estimate of drug-likeness (QED) is 0.798. The fourth-order valence-electron chi connectivity index (χ4n) is 1.50. The summed E-state index contributed by atoms with van der Waals surface area (Å²) < 4.78 is 26.7. The number of nitrogens with two attached hydrogens (primary N) is 1. The van der Waals surface area contributed by atoms with Gasteiger partial charge in [-0.1, -0.05) is 31.4 Å². The van der Waals surface area contributed by atoms with E-state index in [0.29, 0.717) is 0 Å². The summed E-state index contributed by atoms with van der Waals surface area (Å²) in [7, 11) is -3.60. The van der Waals surface area contributed by atoms with Crippen LogP contribution in [0.3, 0.4) is 0 Å². The van der Waals surface area contributed by atoms with Crippen molar-refractivity contribution in [2.45, 2.75) is 37.1 Å². The van der Waals surface area contributed by atoms with Crippen molar-refractivity contribution in [3.63, 3.8) is 0 Å². The molecule has 0 bridgehead atoms. The number of aromatic nitrogens is 1. The van der Waals surface area contributed by atoms with Crippen molar-refractivity contribution in [2.24, 2.45) is 5.73 Å². The molecule has 0 aliphatic heterocycles. The first-order chi connectivity index (χ1) is 8.49. The molecule has 102 valence electrons. The van der Waals surface area contributed by atoms with Gasteiger partial charge in [0.1, 0.15) is 4.90 Å². The number of rotatable bonds is 7. The van der Waals surface area contributed by atoms with Crippen LogP contribution < -0.4 is 10.5 Å². The lowest BCUT2D eigenvalue weighted by molar-refractivity contribution is 0.516. The molecular weight excluding hydrogens is 274 g/mol. The van der Waals surface area contributed by atoms with Gasteiger partial charge in [-0.05, 0) is 12.5 Å². The lowest BCUT2D eigenvalue weighted by atomic mass is 10.1. The van der Waals surface area contributed by atoms with E-state index < -0.39 is 10.0 Å². The summed E-state index contributed by atoms with van der Waals surface area (Å²) in [5.41, 5.74) is 5.56. The summed E-state index contributed by atoms with van der Waals surface area (Å²) in [4.78, 5) is 3.82. The fraction of sp³-hybridized carbons (Fsp3) is 0.545. The summed E-state index contributed by atoms with van der Waals surface area (Å²) in [6, 6.07) is 1.11. The molecule has 0 aliphatic rings. The van der Waals surface area contributed by atoms with Crippen molar-refractivity contribution in [2.75, 3.05) is 6.54 Å². The Morgan fingerprint density at radius 2 is 2.22 bits per heavy atom. The van der Waals surface area contributed by atoms with Gasteiger partial charge in [-0.3, -0.25) is 4.98 Å². The first-order valence-electron chi connectivity index (χ1n) is 5.82. The molecule has 0 spiro atoms. The van der Waals surface area contributed by atoms with Crippen molar-refractivity contribution in [1.29, 1.82) is 0 Å². The molecule has 1 atom stereocenters. The molecule has 1 heterocycles. The van der Waals surface area contributed by atoms with Gasteiger partial charge in [0.15, 0.2) is 0 Å². The minimum atomic E-state index is -3.60. The molecule has 3 N–H and O–H groups in total. The summed E-state index contributed by atoms with van der Waals surface area (Å²) in [5.74, 6) is 0. The molecule has 1 aromatic heterocycles. The highest BCUT2D eigenvalue weighted by molar-refractivity contribution is 7.89. The standard InChI is InChI=1S/C11H18ClN3O2S/c1-2-3-4-10(6-13)15-18(16,17)11-5-9(12)7-14-8-11/h5,7-8,10,15H,2-4,6,13H2,1H3. The molecule has 0 radical (unpaired) electrons. The van der Waals surface area contributed by atoms with Gasteiger partial charge in [0.2, 0.25) is 10.0 Å². The Hall–Kier alpha value is -0.690. The highest BCUT2D eigenvalue weighted by Crippen LogP contribution is 2.14. The van der Waals surface area contributed by atoms with Gasteiger partial charge in [0, 0.05) is 25.0 Å². The first kappa shape index (κ1) is 15.4. The van der Waals surface area contributed by atoms with E-state index in [1.807, 2.05) is 6.92 Å². The van der Waals surface area contributed by atoms with Crippen molar-refractivity contribution in [3.8, 4) is 0 Å². The van der Waals surface area contributed by atoms with Crippen LogP contribution in [-0.4, -0.2) is 26.0 Å². The Morgan fingerprint density at radius 3 is 2.78 bits per heavy atom. The molecule has 0 saturated carbocycles. The van der Waals surface area contributed by atoms with Crippen LogP contribution in [0.2, 0.25) is 5.02 Å². The van der Waals surface area contributed by atoms with Crippen LogP contribution in [0.15, 0.2) is 23.4 Å². The predicted molar refractivity (Wildman–Crippen MR) is 71.9 cm³/mol. The van der Waals surface area contributed by atoms with Gasteiger partial charge in [-0.15, -0.1) is 0 Å². The van der Waals surface area contributed by atoms with Crippen LogP contribution in [0.5, 0.6) is 0 Å². The SMILES string of the molecule is CCCCC(CN)NS(=O)(=O)c1cncc(Cl)c1. The third kappa shape index (κ3) is 4.53. The number of halogens is 1. The molecule has 0 aromatic carbocycles. The minimum absolute atomic E-state index is 0.0601. The van der Waals surface area contributed by atoms with E-state index in [2.05, 4.69) is 9.71 Å². The topological polar surface area (TPSA) is 85.1 Å². The molecule has 7 heteroatoms. The highest BCUT2D eigenvalue weighted by Gasteiger charge is 2.19. The Balaban J connectivity index is 2.80. The van der Waals surface area contributed by atoms with Gasteiger partial charge in [-0.2, -0.15) is 0 Å². The second-order valence-electron chi connectivity index (χ2n) is 4.04. The third-order valence-corrected chi connectivity index (χ3v) is 4.20. The molecular formula is C11H18ClN3O2S. The van der Waals surface area contributed by atoms with Crippen molar-refractivity contribution in [3.05, 3.63) is 23.5 Å². The average molecular weight is 292 g/mol. The molecule has 0 saturated heterocycles. The van der Waals surface area contributed by atoms with E-state index in [9.17, 15) is 8.42 Å². The first-order valence-corrected chi connectivity index (χ1v) is 7.68. The molecule has 5 nitrogen and oxygen atoms in total. The van der Waals surface area contributed by atoms with Crippen LogP contribution >= 0.6 is 11.6 Å². The molecule has 1 rings (SSSR count). The van der Waals surface area contributed by atoms with Gasteiger partial charge in [0.25, 0.3) is 0 Å². The normalized spacial score (nSPS) is 13.5. The predicted octanol–water partition coefficient (Wildman–Crippen LogP) is 1.53. The monoisotopic (exact) mass is 291 g/mol. The zero-order valence-electron chi connectivity index (χ0n) is 10.3. The zero-order chi connectivity index (χ0) is 13.6. The van der Waals surface area contributed by atoms with Crippen LogP contribution in [0, 0.1) is 0 Å². The number of nitrogens with one attached hydrogen (secondary N) is 1. The zero-order valence-corrected chi connectivity index (χ0v) is 11.8. The maximum absolute atomic E-state index is 12.1. The minimum Gasteiger partial charge on any atom is -0.329 e. The van der Waals surface area contributed by atoms with E-state index in [4.69, 9.17) is 17.3 Å². The maximum atomic E-state index is 12.1. The Labute approximate surface area is 113 Å².